The molecule has 360 valence electrons. The second-order valence-corrected chi connectivity index (χ2v) is 17.1. The number of carbonyl (C=O) groups is 3. The molecule has 1 atom stereocenters. The predicted octanol–water partition coefficient (Wildman–Crippen LogP) is 17.2. The predicted molar refractivity (Wildman–Crippen MR) is 270 cm³/mol. The summed E-state index contributed by atoms with van der Waals surface area (Å²) >= 11 is 0. The van der Waals surface area contributed by atoms with Crippen LogP contribution in [0.25, 0.3) is 0 Å². The van der Waals surface area contributed by atoms with Crippen molar-refractivity contribution in [2.75, 3.05) is 13.2 Å². The molecule has 0 aromatic rings. The van der Waals surface area contributed by atoms with Gasteiger partial charge in [-0.1, -0.05) is 183 Å². The molecule has 1 unspecified atom stereocenters. The first-order chi connectivity index (χ1) is 31.0. The van der Waals surface area contributed by atoms with Gasteiger partial charge < -0.3 is 14.2 Å². The molecule has 0 saturated carbocycles. The van der Waals surface area contributed by atoms with E-state index in [9.17, 15) is 14.4 Å². The van der Waals surface area contributed by atoms with Crippen molar-refractivity contribution in [3.05, 3.63) is 85.1 Å². The Hall–Kier alpha value is -3.41. The van der Waals surface area contributed by atoms with Crippen molar-refractivity contribution in [1.82, 2.24) is 0 Å². The highest BCUT2D eigenvalue weighted by molar-refractivity contribution is 5.71. The maximum Gasteiger partial charge on any atom is 0.306 e. The molecule has 0 saturated heterocycles. The Morgan fingerprint density at radius 3 is 0.921 bits per heavy atom. The van der Waals surface area contributed by atoms with Crippen LogP contribution in [0.15, 0.2) is 85.1 Å². The molecule has 6 nitrogen and oxygen atoms in total. The summed E-state index contributed by atoms with van der Waals surface area (Å²) in [5.41, 5.74) is 0. The Labute approximate surface area is 388 Å². The molecule has 0 aliphatic rings. The highest BCUT2D eigenvalue weighted by Crippen LogP contribution is 2.13. The molecule has 0 fully saturated rings. The Morgan fingerprint density at radius 2 is 0.571 bits per heavy atom. The van der Waals surface area contributed by atoms with Gasteiger partial charge in [-0.25, -0.2) is 0 Å². The van der Waals surface area contributed by atoms with Gasteiger partial charge in [0.1, 0.15) is 13.2 Å². The van der Waals surface area contributed by atoms with Gasteiger partial charge in [0.15, 0.2) is 6.10 Å². The van der Waals surface area contributed by atoms with Crippen LogP contribution < -0.4 is 0 Å². The zero-order chi connectivity index (χ0) is 45.8. The Morgan fingerprint density at radius 1 is 0.317 bits per heavy atom. The van der Waals surface area contributed by atoms with Crippen LogP contribution in [0.4, 0.5) is 0 Å². The third kappa shape index (κ3) is 49.5. The van der Waals surface area contributed by atoms with Gasteiger partial charge in [-0.05, 0) is 122 Å². The Kier molecular flexibility index (Phi) is 48.5. The van der Waals surface area contributed by atoms with Crippen LogP contribution in [0.5, 0.6) is 0 Å². The fraction of sp³-hybridized carbons (Fsp3) is 0.702. The first kappa shape index (κ1) is 59.6. The van der Waals surface area contributed by atoms with Crippen molar-refractivity contribution in [2.45, 2.75) is 245 Å². The van der Waals surface area contributed by atoms with Gasteiger partial charge in [-0.2, -0.15) is 0 Å². The van der Waals surface area contributed by atoms with Crippen molar-refractivity contribution in [3.63, 3.8) is 0 Å². The van der Waals surface area contributed by atoms with E-state index in [1.165, 1.54) is 77.0 Å². The van der Waals surface area contributed by atoms with Crippen LogP contribution in [0.2, 0.25) is 0 Å². The molecule has 0 N–H and O–H groups in total. The van der Waals surface area contributed by atoms with Crippen LogP contribution in [-0.4, -0.2) is 37.2 Å². The molecular formula is C57H96O6. The van der Waals surface area contributed by atoms with Crippen molar-refractivity contribution in [3.8, 4) is 0 Å². The molecule has 63 heavy (non-hydrogen) atoms. The van der Waals surface area contributed by atoms with Crippen molar-refractivity contribution < 1.29 is 28.6 Å². The lowest BCUT2D eigenvalue weighted by Crippen LogP contribution is -2.30. The third-order valence-electron chi connectivity index (χ3n) is 10.8. The number of unbranched alkanes of at least 4 members (excludes halogenated alkanes) is 21. The molecule has 6 heteroatoms. The quantitative estimate of drug-likeness (QED) is 0.0262. The molecule has 0 aromatic carbocycles. The van der Waals surface area contributed by atoms with Crippen LogP contribution in [-0.2, 0) is 28.6 Å². The number of allylic oxidation sites excluding steroid dienone is 14. The summed E-state index contributed by atoms with van der Waals surface area (Å²) in [4.78, 5) is 38.0. The lowest BCUT2D eigenvalue weighted by Gasteiger charge is -2.18. The summed E-state index contributed by atoms with van der Waals surface area (Å²) in [5, 5.41) is 0. The molecule has 0 rings (SSSR count). The highest BCUT2D eigenvalue weighted by atomic mass is 16.6. The number of hydrogen-bond acceptors (Lipinski definition) is 6. The maximum atomic E-state index is 12.8. The molecule has 0 amide bonds. The molecule has 0 aromatic heterocycles. The van der Waals surface area contributed by atoms with Crippen LogP contribution in [0.1, 0.15) is 239 Å². The average molecular weight is 877 g/mol. The van der Waals surface area contributed by atoms with Crippen LogP contribution in [0, 0.1) is 0 Å². The SMILES string of the molecule is CCCCC/C=C\C/C=C\C/C=C\CCCCC(=O)OCC(COC(=O)CCCCCCC/C=C\C/C=C\CCCCC)OC(=O)CCCCCCC/C=C\C/C=C\CCCCC. The van der Waals surface area contributed by atoms with Crippen LogP contribution in [0.3, 0.4) is 0 Å². The van der Waals surface area contributed by atoms with Crippen molar-refractivity contribution >= 4 is 17.9 Å². The van der Waals surface area contributed by atoms with Crippen molar-refractivity contribution in [1.29, 1.82) is 0 Å². The average Bonchev–Trinajstić information content (AvgIpc) is 3.28. The maximum absolute atomic E-state index is 12.8. The summed E-state index contributed by atoms with van der Waals surface area (Å²) in [6.45, 7) is 6.49. The van der Waals surface area contributed by atoms with Gasteiger partial charge in [0.05, 0.1) is 0 Å². The van der Waals surface area contributed by atoms with Crippen molar-refractivity contribution in [2.24, 2.45) is 0 Å². The van der Waals surface area contributed by atoms with E-state index in [0.29, 0.717) is 19.3 Å². The second-order valence-electron chi connectivity index (χ2n) is 17.1. The molecule has 0 bridgehead atoms. The molecule has 0 spiro atoms. The van der Waals surface area contributed by atoms with E-state index in [0.717, 1.165) is 122 Å². The molecular weight excluding hydrogens is 781 g/mol. The van der Waals surface area contributed by atoms with E-state index in [1.807, 2.05) is 0 Å². The van der Waals surface area contributed by atoms with Crippen LogP contribution >= 0.6 is 0 Å². The highest BCUT2D eigenvalue weighted by Gasteiger charge is 2.19. The standard InChI is InChI=1S/C57H96O6/c1-4-7-10-13-16-19-22-25-28-31-34-37-40-43-46-49-55(58)61-52-54(63-57(60)51-48-45-42-39-36-33-30-27-24-21-18-15-12-9-6-3)53-62-56(59)50-47-44-41-38-35-32-29-26-23-20-17-14-11-8-5-2/h16-21,25-30,34,37,54H,4-15,22-24,31-33,35-36,38-53H2,1-3H3/b19-16-,20-17-,21-18-,28-25-,29-26-,30-27-,37-34-. The topological polar surface area (TPSA) is 78.9 Å². The Balaban J connectivity index is 4.50. The third-order valence-corrected chi connectivity index (χ3v) is 10.8. The number of hydrogen-bond donors (Lipinski definition) is 0. The molecule has 0 aliphatic heterocycles. The number of carbonyl (C=O) groups excluding carboxylic acids is 3. The monoisotopic (exact) mass is 877 g/mol. The Bertz CT molecular complexity index is 1240. The zero-order valence-corrected chi connectivity index (χ0v) is 41.1. The summed E-state index contributed by atoms with van der Waals surface area (Å²) in [5.74, 6) is -0.970. The van der Waals surface area contributed by atoms with E-state index in [2.05, 4.69) is 106 Å². The number of rotatable bonds is 46. The van der Waals surface area contributed by atoms with E-state index >= 15 is 0 Å². The minimum Gasteiger partial charge on any atom is -0.462 e. The minimum absolute atomic E-state index is 0.102. The van der Waals surface area contributed by atoms with E-state index < -0.39 is 6.10 Å². The van der Waals surface area contributed by atoms with Gasteiger partial charge in [0.2, 0.25) is 0 Å². The molecule has 0 aliphatic carbocycles. The summed E-state index contributed by atoms with van der Waals surface area (Å²) in [6.07, 6.45) is 65.6. The van der Waals surface area contributed by atoms with E-state index in [-0.39, 0.29) is 31.1 Å². The smallest absolute Gasteiger partial charge is 0.306 e. The van der Waals surface area contributed by atoms with Gasteiger partial charge in [-0.3, -0.25) is 14.4 Å². The first-order valence-corrected chi connectivity index (χ1v) is 26.1. The van der Waals surface area contributed by atoms with Gasteiger partial charge in [0.25, 0.3) is 0 Å². The fourth-order valence-corrected chi connectivity index (χ4v) is 6.86. The van der Waals surface area contributed by atoms with Gasteiger partial charge >= 0.3 is 17.9 Å². The summed E-state index contributed by atoms with van der Waals surface area (Å²) in [6, 6.07) is 0. The molecule has 0 radical (unpaired) electrons. The van der Waals surface area contributed by atoms with Gasteiger partial charge in [-0.15, -0.1) is 0 Å². The summed E-state index contributed by atoms with van der Waals surface area (Å²) < 4.78 is 16.7. The van der Waals surface area contributed by atoms with E-state index in [1.54, 1.807) is 0 Å². The fourth-order valence-electron chi connectivity index (χ4n) is 6.86. The zero-order valence-electron chi connectivity index (χ0n) is 41.1. The first-order valence-electron chi connectivity index (χ1n) is 26.1. The second kappa shape index (κ2) is 51.2. The lowest BCUT2D eigenvalue weighted by atomic mass is 10.1. The van der Waals surface area contributed by atoms with E-state index in [4.69, 9.17) is 14.2 Å². The van der Waals surface area contributed by atoms with Gasteiger partial charge in [0, 0.05) is 19.3 Å². The normalized spacial score (nSPS) is 12.7. The number of esters is 3. The molecule has 0 heterocycles. The minimum atomic E-state index is -0.805. The largest absolute Gasteiger partial charge is 0.462 e. The lowest BCUT2D eigenvalue weighted by molar-refractivity contribution is -0.167. The summed E-state index contributed by atoms with van der Waals surface area (Å²) in [7, 11) is 0. The number of ether oxygens (including phenoxy) is 3.